The van der Waals surface area contributed by atoms with Gasteiger partial charge in [-0.25, -0.2) is 9.78 Å². The number of carbonyl (C=O) groups is 1. The van der Waals surface area contributed by atoms with Crippen LogP contribution in [-0.4, -0.2) is 29.4 Å². The number of hydrogen-bond acceptors (Lipinski definition) is 7. The largest absolute Gasteiger partial charge is 0.455 e. The Labute approximate surface area is 149 Å². The van der Waals surface area contributed by atoms with Gasteiger partial charge in [0.1, 0.15) is 18.4 Å². The van der Waals surface area contributed by atoms with Crippen LogP contribution in [0.15, 0.2) is 34.8 Å². The molecule has 1 aromatic heterocycles. The van der Waals surface area contributed by atoms with Crippen LogP contribution in [0.25, 0.3) is 0 Å². The molecule has 1 heterocycles. The molecule has 0 aliphatic heterocycles. The van der Waals surface area contributed by atoms with E-state index in [1.54, 1.807) is 32.2 Å². The molecule has 0 unspecified atom stereocenters. The summed E-state index contributed by atoms with van der Waals surface area (Å²) in [5.41, 5.74) is 0.462. The number of anilines is 2. The lowest BCUT2D eigenvalue weighted by Gasteiger charge is -2.19. The summed E-state index contributed by atoms with van der Waals surface area (Å²) in [5, 5.41) is 9.70. The molecular weight excluding hydrogens is 350 g/mol. The molecule has 24 heavy (non-hydrogen) atoms. The smallest absolute Gasteiger partial charge is 0.363 e. The lowest BCUT2D eigenvalue weighted by atomic mass is 10.2. The number of benzene rings is 1. The average molecular weight is 368 g/mol. The highest BCUT2D eigenvalue weighted by atomic mass is 35.5. The lowest BCUT2D eigenvalue weighted by Crippen LogP contribution is -2.29. The van der Waals surface area contributed by atoms with Crippen LogP contribution in [0.3, 0.4) is 0 Å². The topological polar surface area (TPSA) is 72.8 Å². The van der Waals surface area contributed by atoms with E-state index >= 15 is 0 Å². The molecule has 6 nitrogen and oxygen atoms in total. The number of halogens is 1. The first-order valence-corrected chi connectivity index (χ1v) is 8.38. The van der Waals surface area contributed by atoms with E-state index in [0.29, 0.717) is 15.8 Å². The molecule has 8 heteroatoms. The first kappa shape index (κ1) is 18.2. The minimum atomic E-state index is -0.639. The summed E-state index contributed by atoms with van der Waals surface area (Å²) in [4.78, 5) is 21.4. The van der Waals surface area contributed by atoms with E-state index in [4.69, 9.17) is 21.2 Å². The van der Waals surface area contributed by atoms with Crippen LogP contribution in [0.2, 0.25) is 5.02 Å². The number of oxime groups is 1. The van der Waals surface area contributed by atoms with Gasteiger partial charge in [-0.05, 0) is 32.9 Å². The number of rotatable bonds is 5. The molecular formula is C16H18ClN3O3S. The van der Waals surface area contributed by atoms with Crippen LogP contribution >= 0.6 is 22.9 Å². The fourth-order valence-electron chi connectivity index (χ4n) is 1.72. The summed E-state index contributed by atoms with van der Waals surface area (Å²) in [6.07, 6.45) is 0. The second-order valence-electron chi connectivity index (χ2n) is 5.77. The van der Waals surface area contributed by atoms with E-state index in [1.807, 2.05) is 18.2 Å². The molecule has 1 N–H and O–H groups in total. The molecule has 1 aromatic carbocycles. The van der Waals surface area contributed by atoms with Gasteiger partial charge in [0.05, 0.1) is 10.7 Å². The standard InChI is InChI=1S/C16H18ClN3O3S/c1-16(2,3)23-14(21)13(20-22-4)12-9-24-15(19-12)18-11-8-6-5-7-10(11)17/h5-9H,1-4H3,(H,18,19). The average Bonchev–Trinajstić information content (AvgIpc) is 2.93. The Bertz CT molecular complexity index is 753. The minimum absolute atomic E-state index is 0.0101. The van der Waals surface area contributed by atoms with Crippen molar-refractivity contribution >= 4 is 45.4 Å². The molecule has 128 valence electrons. The Kier molecular flexibility index (Phi) is 5.80. The number of ether oxygens (including phenoxy) is 1. The van der Waals surface area contributed by atoms with Crippen molar-refractivity contribution in [3.8, 4) is 0 Å². The fourth-order valence-corrected chi connectivity index (χ4v) is 2.61. The summed E-state index contributed by atoms with van der Waals surface area (Å²) >= 11 is 7.43. The van der Waals surface area contributed by atoms with Crippen LogP contribution in [0.4, 0.5) is 10.8 Å². The van der Waals surface area contributed by atoms with Crippen molar-refractivity contribution < 1.29 is 14.4 Å². The molecule has 2 aromatic rings. The van der Waals surface area contributed by atoms with Crippen molar-refractivity contribution in [1.29, 1.82) is 0 Å². The predicted octanol–water partition coefficient (Wildman–Crippen LogP) is 4.23. The molecule has 0 aliphatic rings. The van der Waals surface area contributed by atoms with Crippen molar-refractivity contribution in [2.75, 3.05) is 12.4 Å². The predicted molar refractivity (Wildman–Crippen MR) is 96.2 cm³/mol. The molecule has 2 rings (SSSR count). The zero-order chi connectivity index (χ0) is 17.7. The Hall–Kier alpha value is -2.12. The molecule has 0 saturated carbocycles. The van der Waals surface area contributed by atoms with Crippen LogP contribution in [0.1, 0.15) is 26.5 Å². The van der Waals surface area contributed by atoms with Gasteiger partial charge in [-0.1, -0.05) is 28.9 Å². The normalized spacial score (nSPS) is 12.0. The van der Waals surface area contributed by atoms with Gasteiger partial charge < -0.3 is 14.9 Å². The molecule has 0 amide bonds. The number of carbonyl (C=O) groups excluding carboxylic acids is 1. The summed E-state index contributed by atoms with van der Waals surface area (Å²) < 4.78 is 5.33. The number of aromatic nitrogens is 1. The lowest BCUT2D eigenvalue weighted by molar-refractivity contribution is -0.146. The van der Waals surface area contributed by atoms with E-state index < -0.39 is 11.6 Å². The van der Waals surface area contributed by atoms with Crippen LogP contribution in [0.5, 0.6) is 0 Å². The Morgan fingerprint density at radius 1 is 1.33 bits per heavy atom. The van der Waals surface area contributed by atoms with Gasteiger partial charge in [0, 0.05) is 5.38 Å². The third-order valence-corrected chi connectivity index (χ3v) is 3.72. The number of para-hydroxylation sites is 1. The maximum atomic E-state index is 12.3. The molecule has 0 spiro atoms. The van der Waals surface area contributed by atoms with Gasteiger partial charge in [-0.15, -0.1) is 11.3 Å². The summed E-state index contributed by atoms with van der Waals surface area (Å²) in [7, 11) is 1.36. The highest BCUT2D eigenvalue weighted by Gasteiger charge is 2.25. The van der Waals surface area contributed by atoms with Crippen LogP contribution in [0, 0.1) is 0 Å². The van der Waals surface area contributed by atoms with Gasteiger partial charge >= 0.3 is 5.97 Å². The highest BCUT2D eigenvalue weighted by Crippen LogP contribution is 2.27. The first-order valence-electron chi connectivity index (χ1n) is 7.12. The van der Waals surface area contributed by atoms with Gasteiger partial charge in [-0.3, -0.25) is 0 Å². The third-order valence-electron chi connectivity index (χ3n) is 2.64. The number of hydrogen-bond donors (Lipinski definition) is 1. The van der Waals surface area contributed by atoms with Gasteiger partial charge in [0.15, 0.2) is 5.13 Å². The van der Waals surface area contributed by atoms with Crippen molar-refractivity contribution in [3.63, 3.8) is 0 Å². The SMILES string of the molecule is CON=C(C(=O)OC(C)(C)C)c1csc(Nc2ccccc2Cl)n1. The number of nitrogens with zero attached hydrogens (tertiary/aromatic N) is 2. The van der Waals surface area contributed by atoms with Crippen molar-refractivity contribution in [2.45, 2.75) is 26.4 Å². The highest BCUT2D eigenvalue weighted by molar-refractivity contribution is 7.14. The van der Waals surface area contributed by atoms with Crippen molar-refractivity contribution in [2.24, 2.45) is 5.16 Å². The monoisotopic (exact) mass is 367 g/mol. The van der Waals surface area contributed by atoms with Crippen LogP contribution in [-0.2, 0) is 14.4 Å². The summed E-state index contributed by atoms with van der Waals surface area (Å²) in [6, 6.07) is 7.31. The van der Waals surface area contributed by atoms with E-state index in [2.05, 4.69) is 15.5 Å². The molecule has 0 atom stereocenters. The molecule has 0 saturated heterocycles. The number of nitrogens with one attached hydrogen (secondary N) is 1. The Balaban J connectivity index is 2.22. The Morgan fingerprint density at radius 3 is 2.67 bits per heavy atom. The zero-order valence-corrected chi connectivity index (χ0v) is 15.4. The van der Waals surface area contributed by atoms with Crippen LogP contribution < -0.4 is 5.32 Å². The number of thiazole rings is 1. The van der Waals surface area contributed by atoms with Crippen molar-refractivity contribution in [1.82, 2.24) is 4.98 Å². The van der Waals surface area contributed by atoms with E-state index in [9.17, 15) is 4.79 Å². The van der Waals surface area contributed by atoms with E-state index in [0.717, 1.165) is 5.69 Å². The molecule has 0 aliphatic carbocycles. The fraction of sp³-hybridized carbons (Fsp3) is 0.312. The molecule has 0 fully saturated rings. The quantitative estimate of drug-likeness (QED) is 0.486. The van der Waals surface area contributed by atoms with Crippen molar-refractivity contribution in [3.05, 3.63) is 40.4 Å². The maximum Gasteiger partial charge on any atom is 0.363 e. The van der Waals surface area contributed by atoms with Gasteiger partial charge in [0.2, 0.25) is 5.71 Å². The second-order valence-corrected chi connectivity index (χ2v) is 7.03. The Morgan fingerprint density at radius 2 is 2.04 bits per heavy atom. The van der Waals surface area contributed by atoms with E-state index in [-0.39, 0.29) is 5.71 Å². The minimum Gasteiger partial charge on any atom is -0.455 e. The molecule has 0 bridgehead atoms. The zero-order valence-electron chi connectivity index (χ0n) is 13.8. The summed E-state index contributed by atoms with van der Waals surface area (Å²) in [5.74, 6) is -0.598. The first-order chi connectivity index (χ1) is 11.3. The maximum absolute atomic E-state index is 12.3. The summed E-state index contributed by atoms with van der Waals surface area (Å²) in [6.45, 7) is 5.34. The molecule has 0 radical (unpaired) electrons. The van der Waals surface area contributed by atoms with E-state index in [1.165, 1.54) is 18.4 Å². The third kappa shape index (κ3) is 4.94. The van der Waals surface area contributed by atoms with Gasteiger partial charge in [0.25, 0.3) is 0 Å². The second kappa shape index (κ2) is 7.63. The van der Waals surface area contributed by atoms with Gasteiger partial charge in [-0.2, -0.15) is 0 Å². The number of esters is 1.